The molecule has 21 nitrogen and oxygen atoms in total. The van der Waals surface area contributed by atoms with Gasteiger partial charge < -0.3 is 16.2 Å². The van der Waals surface area contributed by atoms with E-state index in [1.807, 2.05) is 0 Å². The van der Waals surface area contributed by atoms with Crippen LogP contribution >= 0.6 is 0 Å². The van der Waals surface area contributed by atoms with Gasteiger partial charge in [-0.15, -0.1) is 20.5 Å². The van der Waals surface area contributed by atoms with Crippen molar-refractivity contribution in [1.82, 2.24) is 0 Å². The van der Waals surface area contributed by atoms with Crippen LogP contribution < -0.4 is 16.8 Å². The lowest BCUT2D eigenvalue weighted by Gasteiger charge is -2.14. The first-order chi connectivity index (χ1) is 25.6. The van der Waals surface area contributed by atoms with Crippen LogP contribution in [0.5, 0.6) is 5.75 Å². The number of phenolic OH excluding ortho intramolecular Hbond substituents is 1. The Labute approximate surface area is 316 Å². The Hall–Kier alpha value is -5.39. The van der Waals surface area contributed by atoms with Gasteiger partial charge in [-0.25, -0.2) is 9.38 Å². The van der Waals surface area contributed by atoms with Gasteiger partial charge in [-0.05, 0) is 67.8 Å². The molecule has 0 bridgehead atoms. The Kier molecular flexibility index (Phi) is 12.1. The third-order valence-electron chi connectivity index (χ3n) is 6.99. The zero-order valence-corrected chi connectivity index (χ0v) is 31.5. The molecule has 27 heteroatoms. The summed E-state index contributed by atoms with van der Waals surface area (Å²) in [5.74, 6) is -4.87. The summed E-state index contributed by atoms with van der Waals surface area (Å²) in [7, 11) is -20.8. The number of nitrogen functional groups attached to an aromatic ring is 1. The van der Waals surface area contributed by atoms with Gasteiger partial charge in [0.15, 0.2) is 11.5 Å². The number of fused-ring (bicyclic) bond motifs is 1. The molecular weight excluding hydrogens is 835 g/mol. The molecule has 0 aliphatic heterocycles. The van der Waals surface area contributed by atoms with Crippen LogP contribution in [0.3, 0.4) is 0 Å². The zero-order chi connectivity index (χ0) is 42.2. The van der Waals surface area contributed by atoms with Crippen LogP contribution in [0.25, 0.3) is 10.8 Å². The summed E-state index contributed by atoms with van der Waals surface area (Å²) in [6, 6.07) is 7.33. The molecule has 56 heavy (non-hydrogen) atoms. The van der Waals surface area contributed by atoms with Crippen molar-refractivity contribution >= 4 is 91.6 Å². The highest BCUT2D eigenvalue weighted by Gasteiger charge is 2.29. The Morgan fingerprint density at radius 1 is 0.768 bits per heavy atom. The standard InChI is InChI=1S/C29H28F2N8O13S4/c1-14(9-23(30)34-13-29(2,31)33)35-16-7-8-20(54(44,45)46)18(12-16)37-39-27-22(56(50,51)52)11-15-10-21(55(47,48)49)26(25(32)24(15)28(27)40)38-36-17-5-3-4-6-19(17)53(41,42)43/h3-14,35,40H,32-33H2,1-2H3,(H,41,42,43)(H,44,45,46)(H,47,48,49)(H,50,51,52)/b23-9-,34-13-,38-36?,39-37?. The summed E-state index contributed by atoms with van der Waals surface area (Å²) in [5, 5.41) is 27.2. The molecule has 4 aromatic carbocycles. The summed E-state index contributed by atoms with van der Waals surface area (Å²) in [5.41, 5.74) is 6.91. The fraction of sp³-hybridized carbons (Fsp3) is 0.138. The monoisotopic (exact) mass is 862 g/mol. The normalized spacial score (nSPS) is 15.2. The second kappa shape index (κ2) is 15.6. The van der Waals surface area contributed by atoms with Crippen LogP contribution in [0.1, 0.15) is 13.8 Å². The maximum atomic E-state index is 14.2. The third kappa shape index (κ3) is 10.5. The first kappa shape index (κ1) is 43.3. The molecule has 300 valence electrons. The number of aliphatic imine (C=N–C) groups is 1. The number of hydrogen-bond donors (Lipinski definition) is 8. The average molecular weight is 863 g/mol. The fourth-order valence-electron chi connectivity index (χ4n) is 4.72. The summed E-state index contributed by atoms with van der Waals surface area (Å²) >= 11 is 0. The van der Waals surface area contributed by atoms with Gasteiger partial charge in [0, 0.05) is 11.7 Å². The number of nitrogens with two attached hydrogens (primary N) is 2. The number of anilines is 2. The SMILES string of the molecule is CC(/C=C(F)\N=C/C(C)(N)F)Nc1ccc(S(=O)(=O)O)c(N=Nc2c(S(=O)(=O)O)cc3cc(S(=O)(=O)O)c(N=Nc4ccccc4S(=O)(=O)O)c(N)c3c2O)c1. The lowest BCUT2D eigenvalue weighted by Crippen LogP contribution is -2.31. The van der Waals surface area contributed by atoms with E-state index in [9.17, 15) is 65.8 Å². The van der Waals surface area contributed by atoms with E-state index in [4.69, 9.17) is 11.5 Å². The number of benzene rings is 4. The van der Waals surface area contributed by atoms with Crippen LogP contribution in [0, 0.1) is 0 Å². The second-order valence-electron chi connectivity index (χ2n) is 11.6. The van der Waals surface area contributed by atoms with Crippen molar-refractivity contribution in [2.24, 2.45) is 31.2 Å². The van der Waals surface area contributed by atoms with E-state index < -0.39 is 123 Å². The topological polar surface area (TPSA) is 364 Å². The minimum absolute atomic E-state index is 0.0358. The minimum atomic E-state index is -5.43. The van der Waals surface area contributed by atoms with E-state index >= 15 is 0 Å². The molecule has 0 aliphatic carbocycles. The lowest BCUT2D eigenvalue weighted by molar-refractivity contribution is 0.302. The molecule has 2 atom stereocenters. The van der Waals surface area contributed by atoms with E-state index in [1.54, 1.807) is 0 Å². The van der Waals surface area contributed by atoms with Crippen LogP contribution in [0.2, 0.25) is 0 Å². The van der Waals surface area contributed by atoms with Crippen molar-refractivity contribution in [3.05, 3.63) is 66.6 Å². The van der Waals surface area contributed by atoms with Crippen molar-refractivity contribution in [3.8, 4) is 5.75 Å². The van der Waals surface area contributed by atoms with Crippen molar-refractivity contribution < 1.29 is 65.8 Å². The largest absolute Gasteiger partial charge is 0.505 e. The minimum Gasteiger partial charge on any atom is -0.505 e. The van der Waals surface area contributed by atoms with Gasteiger partial charge in [-0.1, -0.05) is 12.1 Å². The number of nitrogens with zero attached hydrogens (tertiary/aromatic N) is 5. The Morgan fingerprint density at radius 2 is 1.27 bits per heavy atom. The van der Waals surface area contributed by atoms with Crippen LogP contribution in [-0.2, 0) is 40.5 Å². The molecule has 4 rings (SSSR count). The molecule has 0 amide bonds. The number of aromatic hydroxyl groups is 1. The number of azo groups is 2. The highest BCUT2D eigenvalue weighted by Crippen LogP contribution is 2.48. The first-order valence-electron chi connectivity index (χ1n) is 14.8. The molecule has 0 radical (unpaired) electrons. The van der Waals surface area contributed by atoms with Crippen LogP contribution in [-0.4, -0.2) is 75.0 Å². The highest BCUT2D eigenvalue weighted by molar-refractivity contribution is 7.86. The molecule has 10 N–H and O–H groups in total. The number of hydrogen-bond acceptors (Lipinski definition) is 17. The van der Waals surface area contributed by atoms with Crippen molar-refractivity contribution in [1.29, 1.82) is 0 Å². The maximum absolute atomic E-state index is 14.2. The average Bonchev–Trinajstić information content (AvgIpc) is 3.04. The summed E-state index contributed by atoms with van der Waals surface area (Å²) in [6.45, 7) is 2.29. The number of nitrogens with one attached hydrogen (secondary N) is 1. The molecule has 0 saturated heterocycles. The van der Waals surface area contributed by atoms with E-state index in [1.165, 1.54) is 19.1 Å². The predicted octanol–water partition coefficient (Wildman–Crippen LogP) is 5.27. The van der Waals surface area contributed by atoms with Gasteiger partial charge in [0.2, 0.25) is 5.95 Å². The third-order valence-corrected chi connectivity index (χ3v) is 10.5. The Bertz CT molecular complexity index is 2830. The lowest BCUT2D eigenvalue weighted by atomic mass is 10.1. The molecule has 0 fully saturated rings. The van der Waals surface area contributed by atoms with Crippen LogP contribution in [0.4, 0.5) is 42.9 Å². The summed E-state index contributed by atoms with van der Waals surface area (Å²) in [6.07, 6.45) is 1.36. The van der Waals surface area contributed by atoms with Gasteiger partial charge in [-0.3, -0.25) is 23.9 Å². The Morgan fingerprint density at radius 3 is 1.82 bits per heavy atom. The molecule has 4 aromatic rings. The first-order valence-corrected chi connectivity index (χ1v) is 20.6. The predicted molar refractivity (Wildman–Crippen MR) is 195 cm³/mol. The summed E-state index contributed by atoms with van der Waals surface area (Å²) < 4.78 is 165. The van der Waals surface area contributed by atoms with Crippen molar-refractivity contribution in [3.63, 3.8) is 0 Å². The van der Waals surface area contributed by atoms with Crippen molar-refractivity contribution in [2.45, 2.75) is 45.3 Å². The molecule has 0 saturated carbocycles. The molecule has 0 aromatic heterocycles. The molecule has 0 heterocycles. The van der Waals surface area contributed by atoms with Gasteiger partial charge in [0.25, 0.3) is 40.5 Å². The number of phenols is 1. The maximum Gasteiger partial charge on any atom is 0.296 e. The van der Waals surface area contributed by atoms with Crippen LogP contribution in [0.15, 0.2) is 112 Å². The molecule has 0 aliphatic rings. The van der Waals surface area contributed by atoms with E-state index in [0.29, 0.717) is 18.3 Å². The van der Waals surface area contributed by atoms with Gasteiger partial charge in [0.05, 0.1) is 17.3 Å². The van der Waals surface area contributed by atoms with E-state index in [0.717, 1.165) is 43.3 Å². The smallest absolute Gasteiger partial charge is 0.296 e. The number of alkyl halides is 1. The molecule has 0 spiro atoms. The highest BCUT2D eigenvalue weighted by atomic mass is 32.2. The number of halogens is 2. The van der Waals surface area contributed by atoms with Gasteiger partial charge in [0.1, 0.15) is 42.3 Å². The van der Waals surface area contributed by atoms with Gasteiger partial charge in [-0.2, -0.15) is 38.1 Å². The fourth-order valence-corrected chi connectivity index (χ4v) is 7.27. The van der Waals surface area contributed by atoms with E-state index in [2.05, 4.69) is 30.8 Å². The van der Waals surface area contributed by atoms with E-state index in [-0.39, 0.29) is 5.69 Å². The molecule has 2 unspecified atom stereocenters. The van der Waals surface area contributed by atoms with Gasteiger partial charge >= 0.3 is 0 Å². The second-order valence-corrected chi connectivity index (χ2v) is 17.1. The quantitative estimate of drug-likeness (QED) is 0.0279. The molecular formula is C29H28F2N8O13S4. The van der Waals surface area contributed by atoms with Crippen molar-refractivity contribution in [2.75, 3.05) is 11.1 Å². The Balaban J connectivity index is 1.95. The summed E-state index contributed by atoms with van der Waals surface area (Å²) in [4.78, 5) is -0.938. The zero-order valence-electron chi connectivity index (χ0n) is 28.2. The number of rotatable bonds is 13.